The van der Waals surface area contributed by atoms with Gasteiger partial charge in [0.25, 0.3) is 5.91 Å². The Hall–Kier alpha value is -1.10. The second-order valence-corrected chi connectivity index (χ2v) is 4.86. The maximum Gasteiger partial charge on any atom is 0.266 e. The predicted octanol–water partition coefficient (Wildman–Crippen LogP) is 1.52. The van der Waals surface area contributed by atoms with Crippen molar-refractivity contribution in [2.24, 2.45) is 0 Å². The number of nitrogens with two attached hydrogens (primary N) is 1. The second kappa shape index (κ2) is 3.81. The van der Waals surface area contributed by atoms with Gasteiger partial charge in [-0.2, -0.15) is 0 Å². The van der Waals surface area contributed by atoms with E-state index >= 15 is 0 Å². The van der Waals surface area contributed by atoms with Crippen molar-refractivity contribution < 1.29 is 4.79 Å². The van der Waals surface area contributed by atoms with Gasteiger partial charge in [-0.15, -0.1) is 0 Å². The van der Waals surface area contributed by atoms with Crippen LogP contribution >= 0.6 is 11.3 Å². The molecule has 2 N–H and O–H groups in total. The second-order valence-electron chi connectivity index (χ2n) is 3.83. The summed E-state index contributed by atoms with van der Waals surface area (Å²) in [5, 5.41) is 0.499. The summed E-state index contributed by atoms with van der Waals surface area (Å²) in [7, 11) is 0. The quantitative estimate of drug-likeness (QED) is 0.830. The number of nitrogens with zero attached hydrogens (tertiary/aromatic N) is 2. The SMILES string of the molecule is CCC(C)N1CCc2nc(N)sc2C1=O. The highest BCUT2D eigenvalue weighted by Crippen LogP contribution is 2.27. The molecular formula is C10H15N3OS. The van der Waals surface area contributed by atoms with Crippen LogP contribution in [0.5, 0.6) is 0 Å². The minimum atomic E-state index is 0.0970. The molecule has 0 aliphatic carbocycles. The standard InChI is InChI=1S/C10H15N3OS/c1-3-6(2)13-5-4-7-8(9(13)14)15-10(11)12-7/h6H,3-5H2,1-2H3,(H2,11,12). The molecule has 1 unspecified atom stereocenters. The molecule has 1 amide bonds. The first-order valence-corrected chi connectivity index (χ1v) is 6.01. The lowest BCUT2D eigenvalue weighted by atomic mass is 10.1. The van der Waals surface area contributed by atoms with Gasteiger partial charge >= 0.3 is 0 Å². The first-order chi connectivity index (χ1) is 7.13. The fraction of sp³-hybridized carbons (Fsp3) is 0.600. The Balaban J connectivity index is 2.29. The van der Waals surface area contributed by atoms with Gasteiger partial charge in [-0.3, -0.25) is 4.79 Å². The van der Waals surface area contributed by atoms with E-state index in [1.165, 1.54) is 11.3 Å². The zero-order valence-electron chi connectivity index (χ0n) is 8.99. The van der Waals surface area contributed by atoms with Crippen LogP contribution in [0.2, 0.25) is 0 Å². The number of hydrogen-bond donors (Lipinski definition) is 1. The van der Waals surface area contributed by atoms with E-state index in [9.17, 15) is 4.79 Å². The lowest BCUT2D eigenvalue weighted by Gasteiger charge is -2.31. The number of anilines is 1. The fourth-order valence-corrected chi connectivity index (χ4v) is 2.64. The number of nitrogen functional groups attached to an aromatic ring is 1. The van der Waals surface area contributed by atoms with Crippen molar-refractivity contribution in [3.63, 3.8) is 0 Å². The van der Waals surface area contributed by atoms with E-state index in [1.807, 2.05) is 4.90 Å². The van der Waals surface area contributed by atoms with Crippen molar-refractivity contribution in [3.05, 3.63) is 10.6 Å². The van der Waals surface area contributed by atoms with E-state index in [0.717, 1.165) is 30.0 Å². The molecule has 15 heavy (non-hydrogen) atoms. The molecule has 1 aromatic rings. The summed E-state index contributed by atoms with van der Waals surface area (Å²) in [6.45, 7) is 4.94. The third-order valence-corrected chi connectivity index (χ3v) is 3.80. The van der Waals surface area contributed by atoms with E-state index < -0.39 is 0 Å². The minimum absolute atomic E-state index is 0.0970. The van der Waals surface area contributed by atoms with Crippen LogP contribution in [0.4, 0.5) is 5.13 Å². The molecule has 2 heterocycles. The summed E-state index contributed by atoms with van der Waals surface area (Å²) in [6, 6.07) is 0.300. The fourth-order valence-electron chi connectivity index (χ4n) is 1.81. The summed E-state index contributed by atoms with van der Waals surface area (Å²) in [4.78, 5) is 18.9. The van der Waals surface area contributed by atoms with Gasteiger partial charge in [-0.25, -0.2) is 4.98 Å². The third-order valence-electron chi connectivity index (χ3n) is 2.88. The first-order valence-electron chi connectivity index (χ1n) is 5.19. The van der Waals surface area contributed by atoms with Crippen LogP contribution in [0.15, 0.2) is 0 Å². The van der Waals surface area contributed by atoms with Gasteiger partial charge in [0.05, 0.1) is 5.69 Å². The predicted molar refractivity (Wildman–Crippen MR) is 61.0 cm³/mol. The normalized spacial score (nSPS) is 17.7. The zero-order chi connectivity index (χ0) is 11.0. The average molecular weight is 225 g/mol. The largest absolute Gasteiger partial charge is 0.375 e. The summed E-state index contributed by atoms with van der Waals surface area (Å²) in [6.07, 6.45) is 1.81. The molecule has 0 fully saturated rings. The van der Waals surface area contributed by atoms with Crippen LogP contribution in [0.3, 0.4) is 0 Å². The highest BCUT2D eigenvalue weighted by atomic mass is 32.1. The zero-order valence-corrected chi connectivity index (χ0v) is 9.80. The molecule has 1 atom stereocenters. The number of fused-ring (bicyclic) bond motifs is 1. The van der Waals surface area contributed by atoms with Crippen molar-refractivity contribution >= 4 is 22.4 Å². The van der Waals surface area contributed by atoms with Crippen molar-refractivity contribution in [1.29, 1.82) is 0 Å². The van der Waals surface area contributed by atoms with Gasteiger partial charge in [0.15, 0.2) is 5.13 Å². The van der Waals surface area contributed by atoms with Crippen LogP contribution in [-0.2, 0) is 6.42 Å². The molecule has 5 heteroatoms. The number of hydrogen-bond acceptors (Lipinski definition) is 4. The van der Waals surface area contributed by atoms with Gasteiger partial charge in [0.2, 0.25) is 0 Å². The Morgan fingerprint density at radius 2 is 2.40 bits per heavy atom. The van der Waals surface area contributed by atoms with Crippen LogP contribution in [0.25, 0.3) is 0 Å². The summed E-state index contributed by atoms with van der Waals surface area (Å²) in [5.41, 5.74) is 6.49. The molecule has 0 saturated heterocycles. The maximum absolute atomic E-state index is 12.1. The summed E-state index contributed by atoms with van der Waals surface area (Å²) >= 11 is 1.31. The number of carbonyl (C=O) groups is 1. The lowest BCUT2D eigenvalue weighted by Crippen LogP contribution is -2.42. The molecule has 0 bridgehead atoms. The smallest absolute Gasteiger partial charge is 0.266 e. The summed E-state index contributed by atoms with van der Waals surface area (Å²) in [5.74, 6) is 0.0970. The Labute approximate surface area is 93.1 Å². The van der Waals surface area contributed by atoms with Gasteiger partial charge in [0, 0.05) is 19.0 Å². The molecule has 1 aromatic heterocycles. The van der Waals surface area contributed by atoms with Crippen molar-refractivity contribution in [3.8, 4) is 0 Å². The van der Waals surface area contributed by atoms with E-state index in [1.54, 1.807) is 0 Å². The molecule has 0 aromatic carbocycles. The first kappa shape index (κ1) is 10.4. The lowest BCUT2D eigenvalue weighted by molar-refractivity contribution is 0.0675. The number of rotatable bonds is 2. The van der Waals surface area contributed by atoms with Gasteiger partial charge in [-0.05, 0) is 13.3 Å². The van der Waals surface area contributed by atoms with Crippen molar-refractivity contribution in [2.45, 2.75) is 32.7 Å². The highest BCUT2D eigenvalue weighted by Gasteiger charge is 2.29. The van der Waals surface area contributed by atoms with E-state index in [-0.39, 0.29) is 5.91 Å². The molecular weight excluding hydrogens is 210 g/mol. The maximum atomic E-state index is 12.1. The van der Waals surface area contributed by atoms with E-state index in [0.29, 0.717) is 11.2 Å². The summed E-state index contributed by atoms with van der Waals surface area (Å²) < 4.78 is 0. The van der Waals surface area contributed by atoms with E-state index in [4.69, 9.17) is 5.73 Å². The number of thiazole rings is 1. The van der Waals surface area contributed by atoms with Crippen LogP contribution in [0, 0.1) is 0 Å². The Morgan fingerprint density at radius 3 is 3.07 bits per heavy atom. The molecule has 4 nitrogen and oxygen atoms in total. The van der Waals surface area contributed by atoms with Crippen molar-refractivity contribution in [1.82, 2.24) is 9.88 Å². The van der Waals surface area contributed by atoms with E-state index in [2.05, 4.69) is 18.8 Å². The molecule has 1 aliphatic rings. The Morgan fingerprint density at radius 1 is 1.67 bits per heavy atom. The molecule has 0 saturated carbocycles. The minimum Gasteiger partial charge on any atom is -0.375 e. The Kier molecular flexibility index (Phi) is 2.65. The average Bonchev–Trinajstić information content (AvgIpc) is 2.59. The number of aromatic nitrogens is 1. The van der Waals surface area contributed by atoms with Gasteiger partial charge in [-0.1, -0.05) is 18.3 Å². The van der Waals surface area contributed by atoms with Crippen LogP contribution < -0.4 is 5.73 Å². The van der Waals surface area contributed by atoms with Crippen LogP contribution in [-0.4, -0.2) is 28.4 Å². The van der Waals surface area contributed by atoms with Gasteiger partial charge < -0.3 is 10.6 Å². The number of amides is 1. The molecule has 0 radical (unpaired) electrons. The highest BCUT2D eigenvalue weighted by molar-refractivity contribution is 7.17. The molecule has 0 spiro atoms. The third kappa shape index (κ3) is 1.71. The molecule has 1 aliphatic heterocycles. The van der Waals surface area contributed by atoms with Crippen molar-refractivity contribution in [2.75, 3.05) is 12.3 Å². The number of carbonyl (C=O) groups excluding carboxylic acids is 1. The van der Waals surface area contributed by atoms with Gasteiger partial charge in [0.1, 0.15) is 4.88 Å². The Bertz CT molecular complexity index is 388. The molecule has 82 valence electrons. The monoisotopic (exact) mass is 225 g/mol. The van der Waals surface area contributed by atoms with Crippen LogP contribution in [0.1, 0.15) is 35.6 Å². The topological polar surface area (TPSA) is 59.2 Å². The molecule has 2 rings (SSSR count).